The van der Waals surface area contributed by atoms with Crippen LogP contribution in [0.3, 0.4) is 0 Å². The Kier molecular flexibility index (Phi) is 4.17. The third-order valence-electron chi connectivity index (χ3n) is 6.24. The third-order valence-corrected chi connectivity index (χ3v) is 6.24. The fraction of sp³-hybridized carbons (Fsp3) is 0.192. The summed E-state index contributed by atoms with van der Waals surface area (Å²) in [4.78, 5) is 4.79. The Morgan fingerprint density at radius 2 is 1.70 bits per heavy atom. The molecule has 0 aliphatic heterocycles. The molecular formula is C26H23N3O. The molecule has 1 aliphatic carbocycles. The predicted octanol–water partition coefficient (Wildman–Crippen LogP) is 5.25. The van der Waals surface area contributed by atoms with Crippen molar-refractivity contribution < 1.29 is 4.42 Å². The zero-order chi connectivity index (χ0) is 19.9. The van der Waals surface area contributed by atoms with Gasteiger partial charge in [-0.05, 0) is 53.3 Å². The summed E-state index contributed by atoms with van der Waals surface area (Å²) in [6.45, 7) is 1.76. The number of benzene rings is 3. The molecule has 0 bridgehead atoms. The van der Waals surface area contributed by atoms with Crippen LogP contribution >= 0.6 is 0 Å². The lowest BCUT2D eigenvalue weighted by Gasteiger charge is -2.11. The molecule has 0 unspecified atom stereocenters. The van der Waals surface area contributed by atoms with Gasteiger partial charge in [0.25, 0.3) is 0 Å². The average molecular weight is 393 g/mol. The summed E-state index contributed by atoms with van der Waals surface area (Å²) in [6.07, 6.45) is 5.97. The Labute approximate surface area is 175 Å². The van der Waals surface area contributed by atoms with Gasteiger partial charge < -0.3 is 9.73 Å². The minimum atomic E-state index is 0.642. The fourth-order valence-corrected chi connectivity index (χ4v) is 4.76. The van der Waals surface area contributed by atoms with Gasteiger partial charge in [-0.15, -0.1) is 0 Å². The zero-order valence-corrected chi connectivity index (χ0v) is 16.7. The molecule has 0 saturated heterocycles. The van der Waals surface area contributed by atoms with Gasteiger partial charge in [-0.1, -0.05) is 60.7 Å². The molecule has 30 heavy (non-hydrogen) atoms. The fourth-order valence-electron chi connectivity index (χ4n) is 4.76. The van der Waals surface area contributed by atoms with Crippen molar-refractivity contribution >= 4 is 16.6 Å². The van der Waals surface area contributed by atoms with Gasteiger partial charge in [0.05, 0.1) is 11.4 Å². The van der Waals surface area contributed by atoms with Crippen LogP contribution in [0.25, 0.3) is 27.9 Å². The number of rotatable bonds is 5. The summed E-state index contributed by atoms with van der Waals surface area (Å²) < 4.78 is 7.65. The Bertz CT molecular complexity index is 1320. The average Bonchev–Trinajstić information content (AvgIpc) is 3.48. The molecule has 4 nitrogen and oxygen atoms in total. The van der Waals surface area contributed by atoms with Crippen LogP contribution in [-0.2, 0) is 19.4 Å². The highest BCUT2D eigenvalue weighted by atomic mass is 16.3. The van der Waals surface area contributed by atoms with Crippen molar-refractivity contribution in [3.63, 3.8) is 0 Å². The Hall–Kier alpha value is -3.37. The van der Waals surface area contributed by atoms with Gasteiger partial charge in [-0.25, -0.2) is 0 Å². The second-order valence-electron chi connectivity index (χ2n) is 8.20. The number of aromatic nitrogens is 2. The van der Waals surface area contributed by atoms with E-state index in [1.54, 1.807) is 6.26 Å². The van der Waals surface area contributed by atoms with E-state index in [0.29, 0.717) is 11.8 Å². The Balaban J connectivity index is 1.26. The minimum absolute atomic E-state index is 0.642. The largest absolute Gasteiger partial charge is 0.432 e. The molecule has 2 heterocycles. The van der Waals surface area contributed by atoms with E-state index in [1.807, 2.05) is 6.20 Å². The van der Waals surface area contributed by atoms with Crippen LogP contribution in [0.4, 0.5) is 0 Å². The van der Waals surface area contributed by atoms with Gasteiger partial charge in [0.1, 0.15) is 6.26 Å². The second-order valence-corrected chi connectivity index (χ2v) is 8.20. The number of nitrogens with zero attached hydrogens (tertiary/aromatic N) is 2. The van der Waals surface area contributed by atoms with E-state index in [4.69, 9.17) is 9.40 Å². The number of nitrogens with one attached hydrogen (secondary N) is 1. The van der Waals surface area contributed by atoms with Crippen LogP contribution in [0, 0.1) is 5.92 Å². The topological polar surface area (TPSA) is 42.5 Å². The maximum absolute atomic E-state index is 5.59. The summed E-state index contributed by atoms with van der Waals surface area (Å²) in [5, 5.41) is 6.16. The molecule has 0 radical (unpaired) electrons. The van der Waals surface area contributed by atoms with Gasteiger partial charge in [0, 0.05) is 18.3 Å². The smallest absolute Gasteiger partial charge is 0.306 e. The molecule has 5 aromatic rings. The first-order valence-electron chi connectivity index (χ1n) is 10.6. The normalized spacial score (nSPS) is 14.0. The number of fused-ring (bicyclic) bond motifs is 3. The number of imidazole rings is 1. The van der Waals surface area contributed by atoms with Crippen molar-refractivity contribution in [3.05, 3.63) is 96.0 Å². The molecule has 2 aromatic heterocycles. The lowest BCUT2D eigenvalue weighted by atomic mass is 10.0. The predicted molar refractivity (Wildman–Crippen MR) is 119 cm³/mol. The summed E-state index contributed by atoms with van der Waals surface area (Å²) in [5.41, 5.74) is 6.26. The third kappa shape index (κ3) is 3.01. The molecule has 0 atom stereocenters. The van der Waals surface area contributed by atoms with E-state index in [9.17, 15) is 0 Å². The van der Waals surface area contributed by atoms with Crippen LogP contribution in [0.5, 0.6) is 0 Å². The molecule has 0 saturated carbocycles. The van der Waals surface area contributed by atoms with Crippen LogP contribution in [0.15, 0.2) is 83.6 Å². The van der Waals surface area contributed by atoms with Gasteiger partial charge in [0.2, 0.25) is 0 Å². The first kappa shape index (κ1) is 17.5. The van der Waals surface area contributed by atoms with Gasteiger partial charge in [-0.2, -0.15) is 4.98 Å². The lowest BCUT2D eigenvalue weighted by molar-refractivity contribution is 0.495. The SMILES string of the molecule is c1ccc2c(c1)CC(CNCc1c(-c3ccc4ccccc4c3)nc3occn13)C2. The molecule has 1 N–H and O–H groups in total. The molecule has 0 spiro atoms. The van der Waals surface area contributed by atoms with Crippen LogP contribution < -0.4 is 5.32 Å². The molecule has 4 heteroatoms. The zero-order valence-electron chi connectivity index (χ0n) is 16.7. The number of oxazole rings is 1. The van der Waals surface area contributed by atoms with Gasteiger partial charge in [-0.3, -0.25) is 4.40 Å². The molecule has 1 aliphatic rings. The minimum Gasteiger partial charge on any atom is -0.432 e. The van der Waals surface area contributed by atoms with E-state index in [2.05, 4.69) is 76.4 Å². The first-order valence-corrected chi connectivity index (χ1v) is 10.6. The Morgan fingerprint density at radius 1 is 0.933 bits per heavy atom. The number of hydrogen-bond acceptors (Lipinski definition) is 3. The molecule has 0 fully saturated rings. The van der Waals surface area contributed by atoms with E-state index < -0.39 is 0 Å². The van der Waals surface area contributed by atoms with E-state index in [0.717, 1.165) is 42.9 Å². The van der Waals surface area contributed by atoms with Crippen molar-refractivity contribution in [1.82, 2.24) is 14.7 Å². The van der Waals surface area contributed by atoms with E-state index >= 15 is 0 Å². The highest BCUT2D eigenvalue weighted by Crippen LogP contribution is 2.29. The van der Waals surface area contributed by atoms with Crippen LogP contribution in [0.2, 0.25) is 0 Å². The maximum Gasteiger partial charge on any atom is 0.306 e. The van der Waals surface area contributed by atoms with Gasteiger partial charge >= 0.3 is 5.84 Å². The molecular weight excluding hydrogens is 370 g/mol. The standard InChI is InChI=1S/C26H23N3O/c1-2-8-22-15-23(10-9-19(22)5-1)25-24(29-11-12-30-26(29)28-25)17-27-16-18-13-20-6-3-4-7-21(20)14-18/h1-12,15,18,27H,13-14,16-17H2. The van der Waals surface area contributed by atoms with Gasteiger partial charge in [0.15, 0.2) is 0 Å². The summed E-state index contributed by atoms with van der Waals surface area (Å²) in [6, 6.07) is 23.8. The van der Waals surface area contributed by atoms with Crippen molar-refractivity contribution in [1.29, 1.82) is 0 Å². The first-order chi connectivity index (χ1) is 14.8. The summed E-state index contributed by atoms with van der Waals surface area (Å²) in [7, 11) is 0. The lowest BCUT2D eigenvalue weighted by Crippen LogP contribution is -2.23. The molecule has 3 aromatic carbocycles. The Morgan fingerprint density at radius 3 is 2.53 bits per heavy atom. The monoisotopic (exact) mass is 393 g/mol. The van der Waals surface area contributed by atoms with Crippen molar-refractivity contribution in [3.8, 4) is 11.3 Å². The van der Waals surface area contributed by atoms with E-state index in [-0.39, 0.29) is 0 Å². The highest BCUT2D eigenvalue weighted by Gasteiger charge is 2.21. The van der Waals surface area contributed by atoms with E-state index in [1.165, 1.54) is 21.9 Å². The molecule has 0 amide bonds. The van der Waals surface area contributed by atoms with Crippen LogP contribution in [-0.4, -0.2) is 15.9 Å². The van der Waals surface area contributed by atoms with Crippen LogP contribution in [0.1, 0.15) is 16.8 Å². The number of hydrogen-bond donors (Lipinski definition) is 1. The summed E-state index contributed by atoms with van der Waals surface area (Å²) in [5.74, 6) is 1.29. The molecule has 148 valence electrons. The summed E-state index contributed by atoms with van der Waals surface area (Å²) >= 11 is 0. The maximum atomic E-state index is 5.59. The van der Waals surface area contributed by atoms with Crippen molar-refractivity contribution in [2.24, 2.45) is 5.92 Å². The van der Waals surface area contributed by atoms with Crippen molar-refractivity contribution in [2.75, 3.05) is 6.54 Å². The van der Waals surface area contributed by atoms with Crippen molar-refractivity contribution in [2.45, 2.75) is 19.4 Å². The highest BCUT2D eigenvalue weighted by molar-refractivity contribution is 5.87. The molecule has 6 rings (SSSR count). The quantitative estimate of drug-likeness (QED) is 0.443. The second kappa shape index (κ2) is 7.15.